The molecule has 0 fully saturated rings. The Morgan fingerprint density at radius 3 is 2.43 bits per heavy atom. The van der Waals surface area contributed by atoms with Crippen LogP contribution in [0.4, 0.5) is 11.4 Å². The van der Waals surface area contributed by atoms with E-state index in [9.17, 15) is 18.0 Å². The number of nitrogens with zero attached hydrogens (tertiary/aromatic N) is 2. The summed E-state index contributed by atoms with van der Waals surface area (Å²) in [5, 5.41) is 7.11. The lowest BCUT2D eigenvalue weighted by Crippen LogP contribution is -2.39. The fourth-order valence-electron chi connectivity index (χ4n) is 3.28. The summed E-state index contributed by atoms with van der Waals surface area (Å²) in [5.74, 6) is -0.451. The molecule has 194 valence electrons. The Labute approximate surface area is 221 Å². The van der Waals surface area contributed by atoms with Crippen LogP contribution >= 0.6 is 11.6 Å². The number of amides is 2. The van der Waals surface area contributed by atoms with Crippen molar-refractivity contribution in [3.05, 3.63) is 88.4 Å². The summed E-state index contributed by atoms with van der Waals surface area (Å²) in [4.78, 5) is 24.5. The average Bonchev–Trinajstić information content (AvgIpc) is 2.83. The van der Waals surface area contributed by atoms with Gasteiger partial charge in [-0.25, -0.2) is 13.8 Å². The van der Waals surface area contributed by atoms with Crippen LogP contribution in [0.5, 0.6) is 5.75 Å². The number of sulfonamides is 1. The van der Waals surface area contributed by atoms with E-state index in [1.54, 1.807) is 67.6 Å². The molecule has 0 aliphatic heterocycles. The van der Waals surface area contributed by atoms with Crippen molar-refractivity contribution in [1.29, 1.82) is 0 Å². The van der Waals surface area contributed by atoms with Crippen LogP contribution in [0, 0.1) is 13.8 Å². The predicted molar refractivity (Wildman–Crippen MR) is 146 cm³/mol. The molecule has 0 spiro atoms. The van der Waals surface area contributed by atoms with Crippen LogP contribution in [0.1, 0.15) is 16.7 Å². The normalized spacial score (nSPS) is 11.2. The molecule has 37 heavy (non-hydrogen) atoms. The van der Waals surface area contributed by atoms with Gasteiger partial charge in [-0.3, -0.25) is 13.9 Å². The molecule has 0 heterocycles. The van der Waals surface area contributed by atoms with Crippen LogP contribution in [0.2, 0.25) is 5.02 Å². The molecular formula is C26H27ClN4O5S. The zero-order valence-electron chi connectivity index (χ0n) is 20.6. The van der Waals surface area contributed by atoms with E-state index in [4.69, 9.17) is 16.3 Å². The van der Waals surface area contributed by atoms with Crippen LogP contribution < -0.4 is 19.8 Å². The molecule has 3 aromatic rings. The smallest absolute Gasteiger partial charge is 0.262 e. The molecule has 3 aromatic carbocycles. The van der Waals surface area contributed by atoms with E-state index < -0.39 is 22.5 Å². The van der Waals surface area contributed by atoms with Crippen molar-refractivity contribution in [1.82, 2.24) is 5.43 Å². The van der Waals surface area contributed by atoms with Crippen molar-refractivity contribution in [3.63, 3.8) is 0 Å². The maximum atomic E-state index is 12.4. The van der Waals surface area contributed by atoms with Gasteiger partial charge in [0.2, 0.25) is 10.0 Å². The Bertz CT molecular complexity index is 1410. The Balaban J connectivity index is 1.52. The van der Waals surface area contributed by atoms with Gasteiger partial charge in [0.25, 0.3) is 11.8 Å². The zero-order chi connectivity index (χ0) is 27.0. The van der Waals surface area contributed by atoms with Gasteiger partial charge < -0.3 is 10.1 Å². The van der Waals surface area contributed by atoms with Crippen molar-refractivity contribution in [2.45, 2.75) is 13.8 Å². The van der Waals surface area contributed by atoms with Crippen LogP contribution in [-0.4, -0.2) is 45.9 Å². The van der Waals surface area contributed by atoms with Gasteiger partial charge in [-0.2, -0.15) is 5.10 Å². The highest BCUT2D eigenvalue weighted by molar-refractivity contribution is 7.92. The van der Waals surface area contributed by atoms with E-state index in [0.717, 1.165) is 21.7 Å². The number of halogens is 1. The molecule has 0 radical (unpaired) electrons. The lowest BCUT2D eigenvalue weighted by Gasteiger charge is -2.23. The molecule has 0 aliphatic rings. The Kier molecular flexibility index (Phi) is 9.26. The Hall–Kier alpha value is -3.89. The van der Waals surface area contributed by atoms with Gasteiger partial charge in [0.1, 0.15) is 12.3 Å². The molecule has 0 unspecified atom stereocenters. The summed E-state index contributed by atoms with van der Waals surface area (Å²) < 4.78 is 31.2. The van der Waals surface area contributed by atoms with Crippen molar-refractivity contribution in [3.8, 4) is 5.75 Å². The number of hydrogen-bond donors (Lipinski definition) is 2. The minimum atomic E-state index is -3.69. The fraction of sp³-hybridized carbons (Fsp3) is 0.192. The minimum Gasteiger partial charge on any atom is -0.484 e. The SMILES string of the molecule is Cc1ccc(C)c(N(CC(=O)N/N=C/c2ccc(OCC(=O)Nc3cccc(Cl)c3)cc2)S(C)(=O)=O)c1. The van der Waals surface area contributed by atoms with E-state index in [2.05, 4.69) is 15.8 Å². The zero-order valence-corrected chi connectivity index (χ0v) is 22.1. The largest absolute Gasteiger partial charge is 0.484 e. The summed E-state index contributed by atoms with van der Waals surface area (Å²) in [5.41, 5.74) is 5.63. The molecule has 0 saturated carbocycles. The summed E-state index contributed by atoms with van der Waals surface area (Å²) >= 11 is 5.90. The lowest BCUT2D eigenvalue weighted by atomic mass is 10.1. The fourth-order valence-corrected chi connectivity index (χ4v) is 4.37. The highest BCUT2D eigenvalue weighted by Crippen LogP contribution is 2.23. The second-order valence-electron chi connectivity index (χ2n) is 8.27. The molecule has 0 aliphatic carbocycles. The number of hydrogen-bond acceptors (Lipinski definition) is 6. The Morgan fingerprint density at radius 1 is 1.03 bits per heavy atom. The van der Waals surface area contributed by atoms with Crippen molar-refractivity contribution < 1.29 is 22.7 Å². The second kappa shape index (κ2) is 12.4. The summed E-state index contributed by atoms with van der Waals surface area (Å²) in [7, 11) is -3.69. The number of benzene rings is 3. The molecular weight excluding hydrogens is 516 g/mol. The number of ether oxygens (including phenoxy) is 1. The molecule has 9 nitrogen and oxygen atoms in total. The third-order valence-corrected chi connectivity index (χ3v) is 6.44. The number of hydrazone groups is 1. The molecule has 2 amide bonds. The molecule has 2 N–H and O–H groups in total. The second-order valence-corrected chi connectivity index (χ2v) is 10.6. The number of carbonyl (C=O) groups excluding carboxylic acids is 2. The maximum Gasteiger partial charge on any atom is 0.262 e. The van der Waals surface area contributed by atoms with E-state index >= 15 is 0 Å². The molecule has 0 atom stereocenters. The molecule has 3 rings (SSSR count). The molecule has 0 saturated heterocycles. The highest BCUT2D eigenvalue weighted by atomic mass is 35.5. The van der Waals surface area contributed by atoms with Gasteiger partial charge in [0.15, 0.2) is 6.61 Å². The van der Waals surface area contributed by atoms with E-state index in [-0.39, 0.29) is 12.5 Å². The standard InChI is InChI=1S/C26H27ClN4O5S/c1-18-7-8-19(2)24(13-18)31(37(3,34)35)16-25(32)30-28-15-20-9-11-23(12-10-20)36-17-26(33)29-22-6-4-5-21(27)14-22/h4-15H,16-17H2,1-3H3,(H,29,33)(H,30,32)/b28-15+. The van der Waals surface area contributed by atoms with Gasteiger partial charge in [0.05, 0.1) is 18.2 Å². The summed E-state index contributed by atoms with van der Waals surface area (Å²) in [6.07, 6.45) is 2.46. The topological polar surface area (TPSA) is 117 Å². The first-order chi connectivity index (χ1) is 17.5. The maximum absolute atomic E-state index is 12.4. The highest BCUT2D eigenvalue weighted by Gasteiger charge is 2.22. The summed E-state index contributed by atoms with van der Waals surface area (Å²) in [6.45, 7) is 3.03. The first kappa shape index (κ1) is 27.7. The van der Waals surface area contributed by atoms with Crippen molar-refractivity contribution in [2.75, 3.05) is 29.0 Å². The Morgan fingerprint density at radius 2 is 1.76 bits per heavy atom. The quantitative estimate of drug-likeness (QED) is 0.298. The van der Waals surface area contributed by atoms with E-state index in [1.165, 1.54) is 6.21 Å². The number of carbonyl (C=O) groups is 2. The third-order valence-electron chi connectivity index (χ3n) is 5.08. The average molecular weight is 543 g/mol. The molecule has 0 bridgehead atoms. The summed E-state index contributed by atoms with van der Waals surface area (Å²) in [6, 6.07) is 18.9. The van der Waals surface area contributed by atoms with Crippen LogP contribution in [0.3, 0.4) is 0 Å². The predicted octanol–water partition coefficient (Wildman–Crippen LogP) is 3.89. The number of aryl methyl sites for hydroxylation is 2. The van der Waals surface area contributed by atoms with Crippen LogP contribution in [0.15, 0.2) is 71.8 Å². The minimum absolute atomic E-state index is 0.187. The van der Waals surface area contributed by atoms with Gasteiger partial charge in [-0.1, -0.05) is 29.8 Å². The van der Waals surface area contributed by atoms with Gasteiger partial charge in [-0.15, -0.1) is 0 Å². The lowest BCUT2D eigenvalue weighted by molar-refractivity contribution is -0.119. The van der Waals surface area contributed by atoms with Crippen LogP contribution in [-0.2, 0) is 19.6 Å². The molecule has 0 aromatic heterocycles. The molecule has 11 heteroatoms. The van der Waals surface area contributed by atoms with Gasteiger partial charge in [0, 0.05) is 10.7 Å². The number of nitrogens with one attached hydrogen (secondary N) is 2. The van der Waals surface area contributed by atoms with Crippen molar-refractivity contribution in [2.24, 2.45) is 5.10 Å². The first-order valence-electron chi connectivity index (χ1n) is 11.2. The van der Waals surface area contributed by atoms with Crippen molar-refractivity contribution >= 4 is 51.0 Å². The van der Waals surface area contributed by atoms with Gasteiger partial charge >= 0.3 is 0 Å². The third kappa shape index (κ3) is 8.62. The monoisotopic (exact) mass is 542 g/mol. The van der Waals surface area contributed by atoms with Crippen LogP contribution in [0.25, 0.3) is 0 Å². The van der Waals surface area contributed by atoms with Gasteiger partial charge in [-0.05, 0) is 79.1 Å². The number of rotatable bonds is 10. The van der Waals surface area contributed by atoms with E-state index in [0.29, 0.717) is 27.7 Å². The number of anilines is 2. The first-order valence-corrected chi connectivity index (χ1v) is 13.4. The van der Waals surface area contributed by atoms with E-state index in [1.807, 2.05) is 13.0 Å².